The van der Waals surface area contributed by atoms with E-state index < -0.39 is 15.4 Å². The van der Waals surface area contributed by atoms with Gasteiger partial charge in [-0.2, -0.15) is 5.26 Å². The topological polar surface area (TPSA) is 90.8 Å². The van der Waals surface area contributed by atoms with Crippen LogP contribution in [0.2, 0.25) is 0 Å². The molecule has 0 amide bonds. The van der Waals surface area contributed by atoms with E-state index in [0.717, 1.165) is 6.26 Å². The van der Waals surface area contributed by atoms with E-state index in [4.69, 9.17) is 5.26 Å². The highest BCUT2D eigenvalue weighted by molar-refractivity contribution is 7.90. The van der Waals surface area contributed by atoms with E-state index in [1.165, 1.54) is 13.0 Å². The lowest BCUT2D eigenvalue weighted by molar-refractivity contribution is 0.597. The average molecular weight is 212 g/mol. The number of aryl methyl sites for hydroxylation is 1. The SMILES string of the molecule is Cc1cc(S(C)(=O)=O)[nH]c(=O)c1C#N. The number of hydrogen-bond acceptors (Lipinski definition) is 4. The maximum absolute atomic E-state index is 11.2. The molecule has 0 aromatic carbocycles. The molecule has 1 rings (SSSR count). The molecule has 0 fully saturated rings. The van der Waals surface area contributed by atoms with Gasteiger partial charge in [-0.15, -0.1) is 0 Å². The van der Waals surface area contributed by atoms with E-state index in [9.17, 15) is 13.2 Å². The van der Waals surface area contributed by atoms with Crippen molar-refractivity contribution in [2.45, 2.75) is 11.9 Å². The van der Waals surface area contributed by atoms with Gasteiger partial charge in [-0.25, -0.2) is 8.42 Å². The first-order valence-electron chi connectivity index (χ1n) is 3.70. The third-order valence-electron chi connectivity index (χ3n) is 1.72. The first-order chi connectivity index (χ1) is 6.36. The highest BCUT2D eigenvalue weighted by atomic mass is 32.2. The second-order valence-electron chi connectivity index (χ2n) is 2.90. The van der Waals surface area contributed by atoms with Crippen LogP contribution in [0, 0.1) is 18.3 Å². The molecule has 0 bridgehead atoms. The van der Waals surface area contributed by atoms with Crippen molar-refractivity contribution in [2.24, 2.45) is 0 Å². The summed E-state index contributed by atoms with van der Waals surface area (Å²) < 4.78 is 22.2. The summed E-state index contributed by atoms with van der Waals surface area (Å²) in [4.78, 5) is 13.3. The molecule has 0 unspecified atom stereocenters. The van der Waals surface area contributed by atoms with Gasteiger partial charge in [-0.05, 0) is 18.6 Å². The van der Waals surface area contributed by atoms with Crippen LogP contribution in [-0.4, -0.2) is 19.7 Å². The summed E-state index contributed by atoms with van der Waals surface area (Å²) >= 11 is 0. The largest absolute Gasteiger partial charge is 0.312 e. The molecule has 74 valence electrons. The quantitative estimate of drug-likeness (QED) is 0.707. The van der Waals surface area contributed by atoms with Gasteiger partial charge in [0.05, 0.1) is 0 Å². The number of rotatable bonds is 1. The first-order valence-corrected chi connectivity index (χ1v) is 5.59. The summed E-state index contributed by atoms with van der Waals surface area (Å²) in [6, 6.07) is 2.98. The Bertz CT molecular complexity index is 563. The molecular weight excluding hydrogens is 204 g/mol. The highest BCUT2D eigenvalue weighted by Crippen LogP contribution is 2.07. The summed E-state index contributed by atoms with van der Waals surface area (Å²) in [7, 11) is -3.44. The Kier molecular flexibility index (Phi) is 2.45. The third kappa shape index (κ3) is 1.83. The molecule has 0 saturated carbocycles. The maximum Gasteiger partial charge on any atom is 0.267 e. The number of aromatic nitrogens is 1. The summed E-state index contributed by atoms with van der Waals surface area (Å²) in [5.74, 6) is 0. The fourth-order valence-corrected chi connectivity index (χ4v) is 1.67. The number of nitrogens with zero attached hydrogens (tertiary/aromatic N) is 1. The van der Waals surface area contributed by atoms with Crippen LogP contribution in [0.25, 0.3) is 0 Å². The Morgan fingerprint density at radius 1 is 1.50 bits per heavy atom. The van der Waals surface area contributed by atoms with Crippen LogP contribution in [0.1, 0.15) is 11.1 Å². The van der Waals surface area contributed by atoms with Gasteiger partial charge in [0.15, 0.2) is 9.84 Å². The predicted octanol–water partition coefficient (Wildman–Crippen LogP) is -0.0415. The molecule has 0 atom stereocenters. The Morgan fingerprint density at radius 2 is 2.07 bits per heavy atom. The number of pyridine rings is 1. The smallest absolute Gasteiger partial charge is 0.267 e. The van der Waals surface area contributed by atoms with Crippen molar-refractivity contribution in [3.05, 3.63) is 27.5 Å². The van der Waals surface area contributed by atoms with Crippen molar-refractivity contribution in [1.82, 2.24) is 4.98 Å². The minimum atomic E-state index is -3.44. The molecule has 0 aliphatic rings. The lowest BCUT2D eigenvalue weighted by Gasteiger charge is -2.00. The number of H-pyrrole nitrogens is 1. The second-order valence-corrected chi connectivity index (χ2v) is 4.89. The van der Waals surface area contributed by atoms with Gasteiger partial charge < -0.3 is 4.98 Å². The molecule has 0 aliphatic heterocycles. The normalized spacial score (nSPS) is 10.9. The van der Waals surface area contributed by atoms with E-state index in [0.29, 0.717) is 5.56 Å². The Hall–Kier alpha value is -1.61. The maximum atomic E-state index is 11.2. The van der Waals surface area contributed by atoms with Gasteiger partial charge in [-0.3, -0.25) is 4.79 Å². The average Bonchev–Trinajstić information content (AvgIpc) is 2.01. The van der Waals surface area contributed by atoms with Crippen LogP contribution in [0.3, 0.4) is 0 Å². The van der Waals surface area contributed by atoms with Gasteiger partial charge in [0.2, 0.25) is 0 Å². The van der Waals surface area contributed by atoms with Crippen LogP contribution in [-0.2, 0) is 9.84 Å². The summed E-state index contributed by atoms with van der Waals surface area (Å²) in [6.45, 7) is 1.52. The molecule has 5 nitrogen and oxygen atoms in total. The highest BCUT2D eigenvalue weighted by Gasteiger charge is 2.12. The molecule has 14 heavy (non-hydrogen) atoms. The van der Waals surface area contributed by atoms with E-state index in [2.05, 4.69) is 4.98 Å². The fraction of sp³-hybridized carbons (Fsp3) is 0.250. The van der Waals surface area contributed by atoms with Crippen molar-refractivity contribution in [1.29, 1.82) is 5.26 Å². The van der Waals surface area contributed by atoms with E-state index >= 15 is 0 Å². The van der Waals surface area contributed by atoms with Gasteiger partial charge in [-0.1, -0.05) is 0 Å². The fourth-order valence-electron chi connectivity index (χ4n) is 0.997. The van der Waals surface area contributed by atoms with Crippen molar-refractivity contribution in [2.75, 3.05) is 6.26 Å². The van der Waals surface area contributed by atoms with Crippen LogP contribution >= 0.6 is 0 Å². The van der Waals surface area contributed by atoms with Crippen molar-refractivity contribution >= 4 is 9.84 Å². The van der Waals surface area contributed by atoms with E-state index in [1.807, 2.05) is 0 Å². The van der Waals surface area contributed by atoms with Gasteiger partial charge in [0, 0.05) is 6.26 Å². The Balaban J connectivity index is 3.62. The van der Waals surface area contributed by atoms with E-state index in [1.54, 1.807) is 6.07 Å². The monoisotopic (exact) mass is 212 g/mol. The van der Waals surface area contributed by atoms with E-state index in [-0.39, 0.29) is 10.6 Å². The zero-order chi connectivity index (χ0) is 10.9. The predicted molar refractivity (Wildman–Crippen MR) is 49.6 cm³/mol. The lowest BCUT2D eigenvalue weighted by Crippen LogP contribution is -2.16. The van der Waals surface area contributed by atoms with Gasteiger partial charge >= 0.3 is 0 Å². The molecule has 1 heterocycles. The van der Waals surface area contributed by atoms with Crippen molar-refractivity contribution in [3.8, 4) is 6.07 Å². The van der Waals surface area contributed by atoms with Gasteiger partial charge in [0.1, 0.15) is 16.7 Å². The molecule has 1 aromatic rings. The minimum absolute atomic E-state index is 0.0580. The summed E-state index contributed by atoms with van der Waals surface area (Å²) in [5.41, 5.74) is -0.373. The van der Waals surface area contributed by atoms with Crippen molar-refractivity contribution < 1.29 is 8.42 Å². The molecule has 0 aliphatic carbocycles. The standard InChI is InChI=1S/C8H8N2O3S/c1-5-3-7(14(2,12)13)10-8(11)6(5)4-9/h3H,1-2H3,(H,10,11). The first kappa shape index (κ1) is 10.5. The molecule has 1 aromatic heterocycles. The zero-order valence-corrected chi connectivity index (χ0v) is 8.47. The number of nitrogens with one attached hydrogen (secondary N) is 1. The van der Waals surface area contributed by atoms with Crippen LogP contribution in [0.5, 0.6) is 0 Å². The number of aromatic amines is 1. The summed E-state index contributed by atoms with van der Waals surface area (Å²) in [6.07, 6.45) is 0.990. The number of nitriles is 1. The molecular formula is C8H8N2O3S. The molecule has 0 radical (unpaired) electrons. The molecule has 0 spiro atoms. The molecule has 1 N–H and O–H groups in total. The minimum Gasteiger partial charge on any atom is -0.312 e. The molecule has 6 heteroatoms. The Labute approximate surface area is 80.9 Å². The lowest BCUT2D eigenvalue weighted by atomic mass is 10.2. The van der Waals surface area contributed by atoms with Crippen LogP contribution in [0.4, 0.5) is 0 Å². The second kappa shape index (κ2) is 3.27. The number of sulfone groups is 1. The van der Waals surface area contributed by atoms with Crippen LogP contribution in [0.15, 0.2) is 15.9 Å². The third-order valence-corrected chi connectivity index (χ3v) is 2.74. The number of hydrogen-bond donors (Lipinski definition) is 1. The zero-order valence-electron chi connectivity index (χ0n) is 7.66. The van der Waals surface area contributed by atoms with Gasteiger partial charge in [0.25, 0.3) is 5.56 Å². The van der Waals surface area contributed by atoms with Crippen molar-refractivity contribution in [3.63, 3.8) is 0 Å². The summed E-state index contributed by atoms with van der Waals surface area (Å²) in [5, 5.41) is 8.41. The Morgan fingerprint density at radius 3 is 2.43 bits per heavy atom. The molecule has 0 saturated heterocycles. The van der Waals surface area contributed by atoms with Crippen LogP contribution < -0.4 is 5.56 Å².